The summed E-state index contributed by atoms with van der Waals surface area (Å²) < 4.78 is 0. The summed E-state index contributed by atoms with van der Waals surface area (Å²) in [7, 11) is 2.12. The zero-order valence-corrected chi connectivity index (χ0v) is 11.3. The highest BCUT2D eigenvalue weighted by Gasteiger charge is 2.21. The van der Waals surface area contributed by atoms with Crippen LogP contribution in [0.3, 0.4) is 0 Å². The zero-order valence-electron chi connectivity index (χ0n) is 11.3. The lowest BCUT2D eigenvalue weighted by atomic mass is 10.0. The Bertz CT molecular complexity index is 435. The summed E-state index contributed by atoms with van der Waals surface area (Å²) in [6.07, 6.45) is 4.87. The molecule has 0 aromatic carbocycles. The highest BCUT2D eigenvalue weighted by atomic mass is 16.4. The van der Waals surface area contributed by atoms with Gasteiger partial charge in [0.05, 0.1) is 6.42 Å². The summed E-state index contributed by atoms with van der Waals surface area (Å²) in [5.74, 6) is 0.171. The van der Waals surface area contributed by atoms with Crippen molar-refractivity contribution in [3.05, 3.63) is 18.0 Å². The fourth-order valence-electron chi connectivity index (χ4n) is 2.36. The average molecular weight is 264 g/mol. The topological polar surface area (TPSA) is 78.3 Å². The summed E-state index contributed by atoms with van der Waals surface area (Å²) in [5.41, 5.74) is 1.15. The molecule has 6 nitrogen and oxygen atoms in total. The molecule has 19 heavy (non-hydrogen) atoms. The molecule has 0 spiro atoms. The van der Waals surface area contributed by atoms with E-state index in [2.05, 4.69) is 27.2 Å². The maximum atomic E-state index is 10.6. The molecule has 1 aliphatic heterocycles. The van der Waals surface area contributed by atoms with Gasteiger partial charge in [0.2, 0.25) is 5.95 Å². The predicted octanol–water partition coefficient (Wildman–Crippen LogP) is 1.17. The number of likely N-dealkylation sites (N-methyl/N-ethyl adjacent to an activating group) is 1. The Labute approximate surface area is 112 Å². The molecule has 2 unspecified atom stereocenters. The van der Waals surface area contributed by atoms with E-state index < -0.39 is 5.97 Å². The van der Waals surface area contributed by atoms with E-state index in [9.17, 15) is 4.79 Å². The van der Waals surface area contributed by atoms with Gasteiger partial charge in [0, 0.05) is 30.9 Å². The molecule has 1 aliphatic rings. The second kappa shape index (κ2) is 5.97. The summed E-state index contributed by atoms with van der Waals surface area (Å²) in [5, 5.41) is 11.7. The zero-order chi connectivity index (χ0) is 13.8. The molecule has 0 saturated carbocycles. The predicted molar refractivity (Wildman–Crippen MR) is 72.2 cm³/mol. The Balaban J connectivity index is 1.93. The van der Waals surface area contributed by atoms with E-state index >= 15 is 0 Å². The van der Waals surface area contributed by atoms with E-state index in [1.54, 1.807) is 6.92 Å². The second-order valence-corrected chi connectivity index (χ2v) is 5.23. The number of carboxylic acid groups (broad SMARTS) is 1. The smallest absolute Gasteiger partial charge is 0.305 e. The van der Waals surface area contributed by atoms with Crippen LogP contribution in [0.2, 0.25) is 0 Å². The molecule has 6 heteroatoms. The number of hydrogen-bond acceptors (Lipinski definition) is 5. The van der Waals surface area contributed by atoms with Gasteiger partial charge in [-0.3, -0.25) is 4.79 Å². The second-order valence-electron chi connectivity index (χ2n) is 5.23. The number of carboxylic acids is 1. The van der Waals surface area contributed by atoms with Crippen molar-refractivity contribution >= 4 is 11.9 Å². The molecule has 1 fully saturated rings. The summed E-state index contributed by atoms with van der Waals surface area (Å²) in [6, 6.07) is -0.180. The molecule has 0 aliphatic carbocycles. The molecule has 0 amide bonds. The van der Waals surface area contributed by atoms with Crippen molar-refractivity contribution in [3.63, 3.8) is 0 Å². The van der Waals surface area contributed by atoms with Crippen LogP contribution < -0.4 is 5.32 Å². The minimum absolute atomic E-state index is 0.0541. The first kappa shape index (κ1) is 13.7. The van der Waals surface area contributed by atoms with Crippen molar-refractivity contribution in [1.82, 2.24) is 14.9 Å². The molecule has 2 heterocycles. The number of likely N-dealkylation sites (tertiary alicyclic amines) is 1. The van der Waals surface area contributed by atoms with Crippen LogP contribution in [-0.2, 0) is 4.79 Å². The third-order valence-corrected chi connectivity index (χ3v) is 3.39. The summed E-state index contributed by atoms with van der Waals surface area (Å²) in [6.45, 7) is 3.96. The number of nitrogens with zero attached hydrogens (tertiary/aromatic N) is 3. The minimum Gasteiger partial charge on any atom is -0.481 e. The van der Waals surface area contributed by atoms with E-state index in [0.717, 1.165) is 25.1 Å². The molecule has 0 bridgehead atoms. The van der Waals surface area contributed by atoms with Gasteiger partial charge in [0.1, 0.15) is 0 Å². The monoisotopic (exact) mass is 264 g/mol. The van der Waals surface area contributed by atoms with Crippen molar-refractivity contribution in [2.45, 2.75) is 31.7 Å². The normalized spacial score (nSPS) is 21.3. The first-order valence-corrected chi connectivity index (χ1v) is 6.53. The Morgan fingerprint density at radius 3 is 2.79 bits per heavy atom. The highest BCUT2D eigenvalue weighted by Crippen LogP contribution is 2.25. The molecule has 104 valence electrons. The number of carbonyl (C=O) groups is 1. The molecular formula is C13H20N4O2. The van der Waals surface area contributed by atoms with Crippen LogP contribution in [0.25, 0.3) is 0 Å². The standard InChI is InChI=1S/C13H20N4O2/c1-9(5-12(18)19)16-13-14-6-11(7-15-13)10-3-4-17(2)8-10/h6-7,9-10H,3-5,8H2,1-2H3,(H,18,19)(H,14,15,16). The summed E-state index contributed by atoms with van der Waals surface area (Å²) in [4.78, 5) is 21.4. The molecule has 1 saturated heterocycles. The maximum Gasteiger partial charge on any atom is 0.305 e. The van der Waals surface area contributed by atoms with E-state index in [4.69, 9.17) is 5.11 Å². The van der Waals surface area contributed by atoms with Crippen molar-refractivity contribution in [2.24, 2.45) is 0 Å². The van der Waals surface area contributed by atoms with Gasteiger partial charge in [-0.2, -0.15) is 0 Å². The Hall–Kier alpha value is -1.69. The molecule has 2 N–H and O–H groups in total. The van der Waals surface area contributed by atoms with Crippen LogP contribution >= 0.6 is 0 Å². The lowest BCUT2D eigenvalue weighted by Crippen LogP contribution is -2.20. The Kier molecular flexibility index (Phi) is 4.31. The van der Waals surface area contributed by atoms with Crippen molar-refractivity contribution in [3.8, 4) is 0 Å². The SMILES string of the molecule is CC(CC(=O)O)Nc1ncc(C2CCN(C)C2)cn1. The van der Waals surface area contributed by atoms with Crippen LogP contribution in [0.15, 0.2) is 12.4 Å². The lowest BCUT2D eigenvalue weighted by Gasteiger charge is -2.13. The van der Waals surface area contributed by atoms with Crippen LogP contribution in [-0.4, -0.2) is 52.1 Å². The minimum atomic E-state index is -0.828. The number of hydrogen-bond donors (Lipinski definition) is 2. The fraction of sp³-hybridized carbons (Fsp3) is 0.615. The van der Waals surface area contributed by atoms with Crippen molar-refractivity contribution in [1.29, 1.82) is 0 Å². The molecule has 2 rings (SSSR count). The third kappa shape index (κ3) is 3.89. The number of aromatic nitrogens is 2. The number of anilines is 1. The van der Waals surface area contributed by atoms with Crippen LogP contribution in [0.1, 0.15) is 31.2 Å². The number of aliphatic carboxylic acids is 1. The van der Waals surface area contributed by atoms with Crippen molar-refractivity contribution in [2.75, 3.05) is 25.5 Å². The number of nitrogens with one attached hydrogen (secondary N) is 1. The Morgan fingerprint density at radius 1 is 1.58 bits per heavy atom. The molecule has 0 radical (unpaired) electrons. The van der Waals surface area contributed by atoms with Gasteiger partial charge in [-0.15, -0.1) is 0 Å². The molecule has 2 atom stereocenters. The van der Waals surface area contributed by atoms with Gasteiger partial charge < -0.3 is 15.3 Å². The van der Waals surface area contributed by atoms with Crippen molar-refractivity contribution < 1.29 is 9.90 Å². The highest BCUT2D eigenvalue weighted by molar-refractivity contribution is 5.67. The van der Waals surface area contributed by atoms with E-state index in [1.807, 2.05) is 12.4 Å². The quantitative estimate of drug-likeness (QED) is 0.831. The van der Waals surface area contributed by atoms with Gasteiger partial charge >= 0.3 is 5.97 Å². The lowest BCUT2D eigenvalue weighted by molar-refractivity contribution is -0.137. The van der Waals surface area contributed by atoms with E-state index in [1.165, 1.54) is 0 Å². The third-order valence-electron chi connectivity index (χ3n) is 3.39. The van der Waals surface area contributed by atoms with Gasteiger partial charge in [0.25, 0.3) is 0 Å². The van der Waals surface area contributed by atoms with Gasteiger partial charge in [0.15, 0.2) is 0 Å². The Morgan fingerprint density at radius 2 is 2.26 bits per heavy atom. The largest absolute Gasteiger partial charge is 0.481 e. The number of rotatable bonds is 5. The van der Waals surface area contributed by atoms with Gasteiger partial charge in [-0.1, -0.05) is 0 Å². The summed E-state index contributed by atoms with van der Waals surface area (Å²) >= 11 is 0. The van der Waals surface area contributed by atoms with Crippen LogP contribution in [0, 0.1) is 0 Å². The molecule has 1 aromatic rings. The molecule has 1 aromatic heterocycles. The molecular weight excluding hydrogens is 244 g/mol. The first-order valence-electron chi connectivity index (χ1n) is 6.53. The fourth-order valence-corrected chi connectivity index (χ4v) is 2.36. The first-order chi connectivity index (χ1) is 9.04. The van der Waals surface area contributed by atoms with Crippen LogP contribution in [0.4, 0.5) is 5.95 Å². The van der Waals surface area contributed by atoms with Gasteiger partial charge in [-0.25, -0.2) is 9.97 Å². The van der Waals surface area contributed by atoms with E-state index in [-0.39, 0.29) is 12.5 Å². The van der Waals surface area contributed by atoms with Crippen LogP contribution in [0.5, 0.6) is 0 Å². The average Bonchev–Trinajstić information content (AvgIpc) is 2.75. The van der Waals surface area contributed by atoms with Gasteiger partial charge in [-0.05, 0) is 32.5 Å². The van der Waals surface area contributed by atoms with E-state index in [0.29, 0.717) is 11.9 Å². The maximum absolute atomic E-state index is 10.6.